The van der Waals surface area contributed by atoms with Gasteiger partial charge in [-0.15, -0.1) is 0 Å². The molecule has 0 aliphatic heterocycles. The number of carbonyl (C=O) groups is 5. The van der Waals surface area contributed by atoms with Gasteiger partial charge in [0.15, 0.2) is 17.1 Å². The largest absolute Gasteiger partial charge is 0.511 e. The highest BCUT2D eigenvalue weighted by molar-refractivity contribution is 6.24. The number of amides is 2. The zero-order chi connectivity index (χ0) is 26.5. The Balaban J connectivity index is 1.70. The van der Waals surface area contributed by atoms with Crippen LogP contribution >= 0.6 is 0 Å². The fourth-order valence-electron chi connectivity index (χ4n) is 5.31. The van der Waals surface area contributed by atoms with Gasteiger partial charge >= 0.3 is 5.97 Å². The van der Waals surface area contributed by atoms with E-state index in [1.807, 2.05) is 0 Å². The Morgan fingerprint density at radius 3 is 2.42 bits per heavy atom. The van der Waals surface area contributed by atoms with Gasteiger partial charge in [0.2, 0.25) is 11.7 Å². The highest BCUT2D eigenvalue weighted by Crippen LogP contribution is 2.51. The molecule has 3 aliphatic rings. The summed E-state index contributed by atoms with van der Waals surface area (Å²) in [5.74, 6) is -8.91. The number of fused-ring (bicyclic) bond motifs is 3. The molecular weight excluding hydrogens is 476 g/mol. The molecule has 3 atom stereocenters. The van der Waals surface area contributed by atoms with E-state index in [9.17, 15) is 44.4 Å². The number of anilines is 1. The summed E-state index contributed by atoms with van der Waals surface area (Å²) in [7, 11) is 0. The third-order valence-corrected chi connectivity index (χ3v) is 7.00. The Morgan fingerprint density at radius 2 is 1.78 bits per heavy atom. The van der Waals surface area contributed by atoms with Crippen molar-refractivity contribution >= 4 is 35.0 Å². The second kappa shape index (κ2) is 8.79. The van der Waals surface area contributed by atoms with E-state index in [0.29, 0.717) is 5.56 Å². The van der Waals surface area contributed by atoms with Gasteiger partial charge in [-0.3, -0.25) is 24.0 Å². The Hall–Kier alpha value is -4.19. The number of Topliss-reactive ketones (excluding diaryl/α,β-unsaturated/α-hetero) is 2. The van der Waals surface area contributed by atoms with Gasteiger partial charge in [-0.25, -0.2) is 0 Å². The number of carboxylic acids is 1. The molecule has 1 aromatic rings. The number of carboxylic acid groups (broad SMARTS) is 1. The minimum atomic E-state index is -2.65. The standard InChI is InChI=1S/C24H24N2O10/c25-23(35)18-13(27)8-11-7-10-6-9-4-5-12(26-14(28)2-1-3-15(29)30)19(31)16(9)20(32)17(10)21(33)24(11,36)22(18)34/h4-5,10-11,27,31,33,36H,1-3,6-8H2,(H2,25,35)(H,26,28)(H,29,30)/t10-,11-,24-/m0/s1. The lowest BCUT2D eigenvalue weighted by Gasteiger charge is -2.45. The first-order valence-electron chi connectivity index (χ1n) is 11.2. The van der Waals surface area contributed by atoms with Gasteiger partial charge < -0.3 is 36.6 Å². The quantitative estimate of drug-likeness (QED) is 0.214. The van der Waals surface area contributed by atoms with E-state index >= 15 is 0 Å². The molecule has 0 bridgehead atoms. The van der Waals surface area contributed by atoms with Crippen molar-refractivity contribution in [3.63, 3.8) is 0 Å². The van der Waals surface area contributed by atoms with E-state index < -0.39 is 69.6 Å². The van der Waals surface area contributed by atoms with Gasteiger partial charge in [0, 0.05) is 30.8 Å². The molecule has 4 rings (SSSR count). The maximum Gasteiger partial charge on any atom is 0.303 e. The van der Waals surface area contributed by atoms with E-state index in [1.165, 1.54) is 12.1 Å². The Bertz CT molecular complexity index is 1290. The highest BCUT2D eigenvalue weighted by atomic mass is 16.4. The van der Waals surface area contributed by atoms with Crippen LogP contribution in [0.2, 0.25) is 0 Å². The third kappa shape index (κ3) is 3.79. The fourth-order valence-corrected chi connectivity index (χ4v) is 5.31. The molecule has 0 spiro atoms. The SMILES string of the molecule is NC(=O)C1=C(O)C[C@@H]2C[C@@H]3Cc4ccc(NC(=O)CCCC(=O)O)c(O)c4C(=O)C3=C(O)[C@]2(O)C1=O. The second-order valence-corrected chi connectivity index (χ2v) is 9.20. The van der Waals surface area contributed by atoms with Crippen molar-refractivity contribution in [2.24, 2.45) is 17.6 Å². The summed E-state index contributed by atoms with van der Waals surface area (Å²) in [5, 5.41) is 54.2. The number of phenolic OH excluding ortho intramolecular Hbond substituents is 1. The molecule has 0 aromatic heterocycles. The van der Waals surface area contributed by atoms with Gasteiger partial charge in [0.25, 0.3) is 5.91 Å². The van der Waals surface area contributed by atoms with E-state index in [2.05, 4.69) is 5.32 Å². The van der Waals surface area contributed by atoms with Gasteiger partial charge in [0.05, 0.1) is 11.3 Å². The average Bonchev–Trinajstić information content (AvgIpc) is 2.77. The van der Waals surface area contributed by atoms with Gasteiger partial charge in [-0.1, -0.05) is 6.07 Å². The van der Waals surface area contributed by atoms with Crippen molar-refractivity contribution in [3.05, 3.63) is 45.9 Å². The molecule has 1 aromatic carbocycles. The molecule has 0 heterocycles. The van der Waals surface area contributed by atoms with E-state index in [0.717, 1.165) is 0 Å². The summed E-state index contributed by atoms with van der Waals surface area (Å²) in [6.07, 6.45) is -0.429. The topological polar surface area (TPSA) is 225 Å². The smallest absolute Gasteiger partial charge is 0.303 e. The number of aliphatic hydroxyl groups excluding tert-OH is 2. The van der Waals surface area contributed by atoms with Crippen LogP contribution in [-0.2, 0) is 25.6 Å². The molecule has 8 N–H and O–H groups in total. The first kappa shape index (κ1) is 24.9. The first-order valence-corrected chi connectivity index (χ1v) is 11.2. The number of hydrogen-bond acceptors (Lipinski definition) is 9. The zero-order valence-electron chi connectivity index (χ0n) is 18.9. The average molecular weight is 500 g/mol. The lowest BCUT2D eigenvalue weighted by atomic mass is 9.60. The van der Waals surface area contributed by atoms with E-state index in [1.54, 1.807) is 0 Å². The molecule has 36 heavy (non-hydrogen) atoms. The summed E-state index contributed by atoms with van der Waals surface area (Å²) in [5.41, 5.74) is 1.44. The van der Waals surface area contributed by atoms with Gasteiger partial charge in [0.1, 0.15) is 17.1 Å². The van der Waals surface area contributed by atoms with Crippen LogP contribution in [0.5, 0.6) is 5.75 Å². The third-order valence-electron chi connectivity index (χ3n) is 7.00. The van der Waals surface area contributed by atoms with Crippen molar-refractivity contribution in [1.82, 2.24) is 0 Å². The van der Waals surface area contributed by atoms with Gasteiger partial charge in [-0.2, -0.15) is 0 Å². The number of hydrogen-bond donors (Lipinski definition) is 7. The van der Waals surface area contributed by atoms with E-state index in [4.69, 9.17) is 10.8 Å². The Labute approximate surface area is 203 Å². The zero-order valence-corrected chi connectivity index (χ0v) is 18.9. The van der Waals surface area contributed by atoms with Crippen LogP contribution in [0.1, 0.15) is 48.0 Å². The summed E-state index contributed by atoms with van der Waals surface area (Å²) in [6.45, 7) is 0. The molecule has 2 amide bonds. The summed E-state index contributed by atoms with van der Waals surface area (Å²) in [6, 6.07) is 2.91. The van der Waals surface area contributed by atoms with Crippen molar-refractivity contribution in [2.75, 3.05) is 5.32 Å². The summed E-state index contributed by atoms with van der Waals surface area (Å²) >= 11 is 0. The lowest BCUT2D eigenvalue weighted by Crippen LogP contribution is -2.57. The second-order valence-electron chi connectivity index (χ2n) is 9.20. The molecule has 3 aliphatic carbocycles. The summed E-state index contributed by atoms with van der Waals surface area (Å²) in [4.78, 5) is 60.8. The van der Waals surface area contributed by atoms with Crippen molar-refractivity contribution in [2.45, 2.75) is 44.1 Å². The predicted octanol–water partition coefficient (Wildman–Crippen LogP) is 0.774. The number of benzene rings is 1. The van der Waals surface area contributed by atoms with Gasteiger partial charge in [-0.05, 0) is 36.8 Å². The summed E-state index contributed by atoms with van der Waals surface area (Å²) < 4.78 is 0. The van der Waals surface area contributed by atoms with Crippen molar-refractivity contribution < 1.29 is 49.5 Å². The number of nitrogens with one attached hydrogen (secondary N) is 1. The molecule has 0 saturated heterocycles. The number of allylic oxidation sites excluding steroid dienone is 2. The molecular formula is C24H24N2O10. The highest BCUT2D eigenvalue weighted by Gasteiger charge is 2.59. The number of phenols is 1. The maximum atomic E-state index is 13.4. The van der Waals surface area contributed by atoms with Crippen LogP contribution in [-0.4, -0.2) is 60.5 Å². The lowest BCUT2D eigenvalue weighted by molar-refractivity contribution is -0.144. The number of aliphatic hydroxyl groups is 3. The molecule has 0 radical (unpaired) electrons. The molecule has 12 heteroatoms. The van der Waals surface area contributed by atoms with Crippen molar-refractivity contribution in [3.8, 4) is 5.75 Å². The number of ketones is 2. The molecule has 190 valence electrons. The van der Waals surface area contributed by atoms with Crippen LogP contribution in [0, 0.1) is 11.8 Å². The van der Waals surface area contributed by atoms with Crippen LogP contribution in [0.25, 0.3) is 0 Å². The Morgan fingerprint density at radius 1 is 1.08 bits per heavy atom. The van der Waals surface area contributed by atoms with Crippen LogP contribution in [0.15, 0.2) is 34.8 Å². The number of aliphatic carboxylic acids is 1. The van der Waals surface area contributed by atoms with Crippen LogP contribution in [0.4, 0.5) is 5.69 Å². The van der Waals surface area contributed by atoms with Crippen LogP contribution in [0.3, 0.4) is 0 Å². The Kier molecular flexibility index (Phi) is 6.08. The molecule has 0 unspecified atom stereocenters. The fraction of sp³-hybridized carbons (Fsp3) is 0.375. The number of nitrogens with two attached hydrogens (primary N) is 1. The number of primary amides is 1. The van der Waals surface area contributed by atoms with Crippen LogP contribution < -0.4 is 11.1 Å². The minimum Gasteiger partial charge on any atom is -0.511 e. The number of rotatable bonds is 6. The first-order chi connectivity index (χ1) is 16.9. The number of carbonyl (C=O) groups excluding carboxylic acids is 4. The minimum absolute atomic E-state index is 0.0196. The van der Waals surface area contributed by atoms with E-state index in [-0.39, 0.29) is 55.3 Å². The maximum absolute atomic E-state index is 13.4. The monoisotopic (exact) mass is 500 g/mol. The molecule has 12 nitrogen and oxygen atoms in total. The number of aromatic hydroxyl groups is 1. The van der Waals surface area contributed by atoms with Crippen molar-refractivity contribution in [1.29, 1.82) is 0 Å². The predicted molar refractivity (Wildman–Crippen MR) is 121 cm³/mol. The molecule has 0 saturated carbocycles. The normalized spacial score (nSPS) is 25.1. The molecule has 0 fully saturated rings.